The van der Waals surface area contributed by atoms with Gasteiger partial charge in [0.05, 0.1) is 5.75 Å². The van der Waals surface area contributed by atoms with Gasteiger partial charge in [-0.2, -0.15) is 0 Å². The highest BCUT2D eigenvalue weighted by Gasteiger charge is 2.16. The van der Waals surface area contributed by atoms with E-state index < -0.39 is 0 Å². The Bertz CT molecular complexity index is 1050. The number of benzene rings is 1. The molecule has 32 heavy (non-hydrogen) atoms. The van der Waals surface area contributed by atoms with Crippen LogP contribution in [0.15, 0.2) is 42.1 Å². The molecule has 0 aliphatic rings. The second-order valence-electron chi connectivity index (χ2n) is 8.05. The maximum atomic E-state index is 12.3. The number of thioether (sulfide) groups is 1. The Labute approximate surface area is 196 Å². The molecule has 0 spiro atoms. The van der Waals surface area contributed by atoms with Gasteiger partial charge in [0.25, 0.3) is 0 Å². The van der Waals surface area contributed by atoms with Crippen LogP contribution in [0.5, 0.6) is 5.75 Å². The lowest BCUT2D eigenvalue weighted by Gasteiger charge is -2.19. The number of anilines is 1. The monoisotopic (exact) mass is 472 g/mol. The van der Waals surface area contributed by atoms with Crippen LogP contribution in [0.2, 0.25) is 0 Å². The fourth-order valence-corrected chi connectivity index (χ4v) is 4.24. The molecule has 0 fully saturated rings. The Morgan fingerprint density at radius 3 is 2.59 bits per heavy atom. The highest BCUT2D eigenvalue weighted by molar-refractivity contribution is 7.99. The second-order valence-corrected chi connectivity index (χ2v) is 10.1. The predicted molar refractivity (Wildman–Crippen MR) is 128 cm³/mol. The minimum Gasteiger partial charge on any atom is -0.486 e. The van der Waals surface area contributed by atoms with E-state index in [0.717, 1.165) is 17.2 Å². The maximum absolute atomic E-state index is 12.3. The van der Waals surface area contributed by atoms with Crippen molar-refractivity contribution < 1.29 is 9.53 Å². The average molecular weight is 473 g/mol. The van der Waals surface area contributed by atoms with Crippen molar-refractivity contribution in [2.24, 2.45) is 0 Å². The van der Waals surface area contributed by atoms with Crippen LogP contribution in [0.25, 0.3) is 0 Å². The molecule has 8 nitrogen and oxygen atoms in total. The van der Waals surface area contributed by atoms with Crippen molar-refractivity contribution in [2.75, 3.05) is 11.1 Å². The Morgan fingerprint density at radius 2 is 1.97 bits per heavy atom. The summed E-state index contributed by atoms with van der Waals surface area (Å²) in [6.45, 7) is 13.1. The predicted octanol–water partition coefficient (Wildman–Crippen LogP) is 4.49. The van der Waals surface area contributed by atoms with Crippen molar-refractivity contribution in [3.8, 4) is 5.75 Å². The van der Waals surface area contributed by atoms with E-state index in [1.807, 2.05) is 23.6 Å². The molecule has 2 heterocycles. The number of aromatic nitrogens is 5. The van der Waals surface area contributed by atoms with Crippen molar-refractivity contribution >= 4 is 34.1 Å². The molecule has 0 radical (unpaired) electrons. The standard InChI is InChI=1S/C22H28N6O2S2/c1-6-12-28-17(13-30-16-10-8-15(9-11-16)22(3,4)5)24-27-21(28)31-14-18(29)23-20-26-25-19(7-2)32-20/h6,8-11H,1,7,12-14H2,2-5H3,(H,23,26,29). The van der Waals surface area contributed by atoms with Gasteiger partial charge in [0.2, 0.25) is 11.0 Å². The number of amides is 1. The SMILES string of the molecule is C=CCn1c(COc2ccc(C(C)(C)C)cc2)nnc1SCC(=O)Nc1nnc(CC)s1. The molecule has 170 valence electrons. The molecule has 3 aromatic rings. The number of nitrogens with zero attached hydrogens (tertiary/aromatic N) is 5. The molecular formula is C22H28N6O2S2. The molecule has 0 bridgehead atoms. The molecular weight excluding hydrogens is 444 g/mol. The summed E-state index contributed by atoms with van der Waals surface area (Å²) in [4.78, 5) is 12.3. The molecule has 3 rings (SSSR count). The van der Waals surface area contributed by atoms with Gasteiger partial charge < -0.3 is 4.74 Å². The van der Waals surface area contributed by atoms with Crippen LogP contribution < -0.4 is 10.1 Å². The largest absolute Gasteiger partial charge is 0.486 e. The fraction of sp³-hybridized carbons (Fsp3) is 0.409. The van der Waals surface area contributed by atoms with E-state index in [1.54, 1.807) is 6.08 Å². The molecule has 10 heteroatoms. The Hall–Kier alpha value is -2.72. The average Bonchev–Trinajstić information content (AvgIpc) is 3.37. The third-order valence-electron chi connectivity index (χ3n) is 4.54. The van der Waals surface area contributed by atoms with E-state index in [2.05, 4.69) is 65.2 Å². The van der Waals surface area contributed by atoms with Crippen molar-refractivity contribution in [3.05, 3.63) is 53.3 Å². The number of aryl methyl sites for hydroxylation is 1. The first-order chi connectivity index (χ1) is 15.3. The van der Waals surface area contributed by atoms with E-state index in [4.69, 9.17) is 4.74 Å². The van der Waals surface area contributed by atoms with Crippen LogP contribution in [0.4, 0.5) is 5.13 Å². The molecule has 0 aliphatic heterocycles. The van der Waals surface area contributed by atoms with Gasteiger partial charge in [-0.05, 0) is 29.5 Å². The number of hydrogen-bond acceptors (Lipinski definition) is 8. The topological polar surface area (TPSA) is 94.8 Å². The molecule has 0 unspecified atom stereocenters. The van der Waals surface area contributed by atoms with Gasteiger partial charge in [-0.15, -0.1) is 27.0 Å². The summed E-state index contributed by atoms with van der Waals surface area (Å²) in [5, 5.41) is 21.3. The highest BCUT2D eigenvalue weighted by atomic mass is 32.2. The Kier molecular flexibility index (Phi) is 8.03. The van der Waals surface area contributed by atoms with Gasteiger partial charge >= 0.3 is 0 Å². The first-order valence-electron chi connectivity index (χ1n) is 10.3. The normalized spacial score (nSPS) is 11.4. The third-order valence-corrected chi connectivity index (χ3v) is 6.49. The maximum Gasteiger partial charge on any atom is 0.236 e. The van der Waals surface area contributed by atoms with E-state index in [9.17, 15) is 4.79 Å². The molecule has 0 aliphatic carbocycles. The molecule has 0 saturated carbocycles. The minimum atomic E-state index is -0.168. The summed E-state index contributed by atoms with van der Waals surface area (Å²) < 4.78 is 7.81. The quantitative estimate of drug-likeness (QED) is 0.343. The number of carbonyl (C=O) groups excluding carboxylic acids is 1. The van der Waals surface area contributed by atoms with Crippen LogP contribution in [0.1, 0.15) is 44.1 Å². The molecule has 1 N–H and O–H groups in total. The lowest BCUT2D eigenvalue weighted by Crippen LogP contribution is -2.15. The van der Waals surface area contributed by atoms with Gasteiger partial charge in [0, 0.05) is 6.54 Å². The van der Waals surface area contributed by atoms with Crippen LogP contribution in [-0.4, -0.2) is 36.6 Å². The number of allylic oxidation sites excluding steroid dienone is 1. The minimum absolute atomic E-state index is 0.0927. The molecule has 1 aromatic carbocycles. The van der Waals surface area contributed by atoms with Crippen LogP contribution in [0.3, 0.4) is 0 Å². The summed E-state index contributed by atoms with van der Waals surface area (Å²) in [5.74, 6) is 1.46. The summed E-state index contributed by atoms with van der Waals surface area (Å²) >= 11 is 2.68. The number of rotatable bonds is 10. The summed E-state index contributed by atoms with van der Waals surface area (Å²) in [7, 11) is 0. The lowest BCUT2D eigenvalue weighted by molar-refractivity contribution is -0.113. The molecule has 0 saturated heterocycles. The van der Waals surface area contributed by atoms with Gasteiger partial charge in [0.1, 0.15) is 17.4 Å². The molecule has 0 atom stereocenters. The first kappa shape index (κ1) is 23.9. The zero-order valence-electron chi connectivity index (χ0n) is 18.8. The second kappa shape index (κ2) is 10.7. The van der Waals surface area contributed by atoms with Crippen LogP contribution in [-0.2, 0) is 29.8 Å². The Morgan fingerprint density at radius 1 is 1.22 bits per heavy atom. The number of carbonyl (C=O) groups is 1. The molecule has 1 amide bonds. The van der Waals surface area contributed by atoms with E-state index in [-0.39, 0.29) is 23.7 Å². The number of ether oxygens (including phenoxy) is 1. The van der Waals surface area contributed by atoms with Crippen molar-refractivity contribution in [1.29, 1.82) is 0 Å². The lowest BCUT2D eigenvalue weighted by atomic mass is 9.87. The van der Waals surface area contributed by atoms with Crippen LogP contribution >= 0.6 is 23.1 Å². The number of hydrogen-bond donors (Lipinski definition) is 1. The summed E-state index contributed by atoms with van der Waals surface area (Å²) in [6, 6.07) is 8.08. The Balaban J connectivity index is 1.59. The zero-order chi connectivity index (χ0) is 23.1. The van der Waals surface area contributed by atoms with Crippen LogP contribution in [0, 0.1) is 0 Å². The van der Waals surface area contributed by atoms with E-state index >= 15 is 0 Å². The van der Waals surface area contributed by atoms with Gasteiger partial charge in [-0.3, -0.25) is 14.7 Å². The van der Waals surface area contributed by atoms with Gasteiger partial charge in [-0.1, -0.05) is 69.0 Å². The van der Waals surface area contributed by atoms with Crippen molar-refractivity contribution in [1.82, 2.24) is 25.0 Å². The fourth-order valence-electron chi connectivity index (χ4n) is 2.78. The molecule has 2 aromatic heterocycles. The van der Waals surface area contributed by atoms with Gasteiger partial charge in [-0.25, -0.2) is 0 Å². The summed E-state index contributed by atoms with van der Waals surface area (Å²) in [5.41, 5.74) is 1.34. The van der Waals surface area contributed by atoms with E-state index in [1.165, 1.54) is 28.7 Å². The zero-order valence-corrected chi connectivity index (χ0v) is 20.4. The third kappa shape index (κ3) is 6.39. The highest BCUT2D eigenvalue weighted by Crippen LogP contribution is 2.25. The smallest absolute Gasteiger partial charge is 0.236 e. The van der Waals surface area contributed by atoms with Gasteiger partial charge in [0.15, 0.2) is 11.0 Å². The van der Waals surface area contributed by atoms with Crippen molar-refractivity contribution in [2.45, 2.75) is 57.8 Å². The van der Waals surface area contributed by atoms with Crippen molar-refractivity contribution in [3.63, 3.8) is 0 Å². The number of nitrogens with one attached hydrogen (secondary N) is 1. The van der Waals surface area contributed by atoms with E-state index in [0.29, 0.717) is 22.7 Å². The first-order valence-corrected chi connectivity index (χ1v) is 12.1. The summed E-state index contributed by atoms with van der Waals surface area (Å²) in [6.07, 6.45) is 2.56.